The van der Waals surface area contributed by atoms with Crippen LogP contribution in [-0.4, -0.2) is 46.9 Å². The van der Waals surface area contributed by atoms with E-state index in [-0.39, 0.29) is 5.91 Å². The number of carbonyl (C=O) groups excluding carboxylic acids is 1. The van der Waals surface area contributed by atoms with Crippen LogP contribution in [0.15, 0.2) is 18.9 Å². The Balaban J connectivity index is 1.83. The van der Waals surface area contributed by atoms with Gasteiger partial charge in [-0.2, -0.15) is 0 Å². The third-order valence-corrected chi connectivity index (χ3v) is 3.80. The topological polar surface area (TPSA) is 36.4 Å². The summed E-state index contributed by atoms with van der Waals surface area (Å²) in [6.45, 7) is 9.93. The van der Waals surface area contributed by atoms with Crippen molar-refractivity contribution in [2.45, 2.75) is 13.5 Å². The summed E-state index contributed by atoms with van der Waals surface area (Å²) in [6, 6.07) is 0. The number of hydrogen-bond donors (Lipinski definition) is 0. The number of amides is 1. The zero-order valence-electron chi connectivity index (χ0n) is 10.1. The quantitative estimate of drug-likeness (QED) is 0.759. The zero-order chi connectivity index (χ0) is 12.3. The smallest absolute Gasteiger partial charge is 0.246 e. The fraction of sp³-hybridized carbons (Fsp3) is 0.500. The first kappa shape index (κ1) is 12.3. The van der Waals surface area contributed by atoms with Gasteiger partial charge in [0.2, 0.25) is 5.91 Å². The molecule has 4 nitrogen and oxygen atoms in total. The molecule has 0 atom stereocenters. The minimum atomic E-state index is 0.0401. The van der Waals surface area contributed by atoms with Crippen LogP contribution in [0.25, 0.3) is 0 Å². The minimum absolute atomic E-state index is 0.0401. The first-order valence-electron chi connectivity index (χ1n) is 5.74. The van der Waals surface area contributed by atoms with Crippen LogP contribution in [0, 0.1) is 6.92 Å². The lowest BCUT2D eigenvalue weighted by molar-refractivity contribution is -0.127. The standard InChI is InChI=1S/C12H17N3OS/c1-3-12(16)15-6-4-14(5-7-15)9-11-8-13-10(2)17-11/h3,8H,1,4-7,9H2,2H3. The predicted molar refractivity (Wildman–Crippen MR) is 68.9 cm³/mol. The molecule has 0 unspecified atom stereocenters. The molecule has 0 saturated carbocycles. The van der Waals surface area contributed by atoms with Crippen LogP contribution < -0.4 is 0 Å². The van der Waals surface area contributed by atoms with Crippen molar-refractivity contribution in [3.8, 4) is 0 Å². The third-order valence-electron chi connectivity index (χ3n) is 2.91. The van der Waals surface area contributed by atoms with Gasteiger partial charge in [-0.15, -0.1) is 11.3 Å². The van der Waals surface area contributed by atoms with Gasteiger partial charge in [0.05, 0.1) is 5.01 Å². The van der Waals surface area contributed by atoms with E-state index in [1.54, 1.807) is 11.3 Å². The van der Waals surface area contributed by atoms with Crippen molar-refractivity contribution in [3.05, 3.63) is 28.7 Å². The Labute approximate surface area is 106 Å². The Morgan fingerprint density at radius 2 is 2.24 bits per heavy atom. The SMILES string of the molecule is C=CC(=O)N1CCN(Cc2cnc(C)s2)CC1. The van der Waals surface area contributed by atoms with Crippen LogP contribution in [0.5, 0.6) is 0 Å². The number of thiazole rings is 1. The monoisotopic (exact) mass is 251 g/mol. The highest BCUT2D eigenvalue weighted by Gasteiger charge is 2.19. The number of hydrogen-bond acceptors (Lipinski definition) is 4. The van der Waals surface area contributed by atoms with Gasteiger partial charge in [-0.1, -0.05) is 6.58 Å². The summed E-state index contributed by atoms with van der Waals surface area (Å²) in [5, 5.41) is 1.11. The molecule has 17 heavy (non-hydrogen) atoms. The summed E-state index contributed by atoms with van der Waals surface area (Å²) >= 11 is 1.74. The molecule has 0 aliphatic carbocycles. The Morgan fingerprint density at radius 1 is 1.53 bits per heavy atom. The summed E-state index contributed by atoms with van der Waals surface area (Å²) in [5.41, 5.74) is 0. The minimum Gasteiger partial charge on any atom is -0.337 e. The Bertz CT molecular complexity index is 408. The van der Waals surface area contributed by atoms with Crippen LogP contribution >= 0.6 is 11.3 Å². The highest BCUT2D eigenvalue weighted by Crippen LogP contribution is 2.15. The number of nitrogens with zero attached hydrogens (tertiary/aromatic N) is 3. The number of carbonyl (C=O) groups is 1. The zero-order valence-corrected chi connectivity index (χ0v) is 10.9. The van der Waals surface area contributed by atoms with E-state index in [4.69, 9.17) is 0 Å². The van der Waals surface area contributed by atoms with Gasteiger partial charge >= 0.3 is 0 Å². The summed E-state index contributed by atoms with van der Waals surface area (Å²) < 4.78 is 0. The third kappa shape index (κ3) is 3.14. The number of aryl methyl sites for hydroxylation is 1. The molecule has 0 bridgehead atoms. The molecule has 1 aromatic heterocycles. The van der Waals surface area contributed by atoms with Crippen LogP contribution in [0.2, 0.25) is 0 Å². The summed E-state index contributed by atoms with van der Waals surface area (Å²) in [6.07, 6.45) is 3.34. The molecule has 1 aliphatic rings. The van der Waals surface area contributed by atoms with Crippen LogP contribution in [0.1, 0.15) is 9.88 Å². The van der Waals surface area contributed by atoms with E-state index in [0.717, 1.165) is 37.7 Å². The van der Waals surface area contributed by atoms with Gasteiger partial charge < -0.3 is 4.90 Å². The molecule has 0 spiro atoms. The molecule has 2 heterocycles. The van der Waals surface area contributed by atoms with Crippen molar-refractivity contribution in [2.24, 2.45) is 0 Å². The van der Waals surface area contributed by atoms with Gasteiger partial charge in [0.1, 0.15) is 0 Å². The van der Waals surface area contributed by atoms with Crippen molar-refractivity contribution >= 4 is 17.2 Å². The van der Waals surface area contributed by atoms with Gasteiger partial charge in [0, 0.05) is 43.8 Å². The molecule has 1 aromatic rings. The van der Waals surface area contributed by atoms with E-state index in [1.165, 1.54) is 11.0 Å². The number of rotatable bonds is 3. The molecule has 1 amide bonds. The second-order valence-electron chi connectivity index (χ2n) is 4.15. The molecular formula is C12H17N3OS. The summed E-state index contributed by atoms with van der Waals surface area (Å²) in [4.78, 5) is 21.2. The van der Waals surface area contributed by atoms with Gasteiger partial charge in [0.25, 0.3) is 0 Å². The molecule has 2 rings (SSSR count). The van der Waals surface area contributed by atoms with Gasteiger partial charge in [-0.3, -0.25) is 9.69 Å². The van der Waals surface area contributed by atoms with Gasteiger partial charge in [0.15, 0.2) is 0 Å². The second-order valence-corrected chi connectivity index (χ2v) is 5.47. The number of aromatic nitrogens is 1. The molecule has 92 valence electrons. The van der Waals surface area contributed by atoms with E-state index in [1.807, 2.05) is 18.0 Å². The van der Waals surface area contributed by atoms with E-state index >= 15 is 0 Å². The van der Waals surface area contributed by atoms with Crippen molar-refractivity contribution in [3.63, 3.8) is 0 Å². The van der Waals surface area contributed by atoms with Gasteiger partial charge in [-0.05, 0) is 13.0 Å². The highest BCUT2D eigenvalue weighted by atomic mass is 32.1. The van der Waals surface area contributed by atoms with E-state index < -0.39 is 0 Å². The van der Waals surface area contributed by atoms with Crippen molar-refractivity contribution in [2.75, 3.05) is 26.2 Å². The van der Waals surface area contributed by atoms with E-state index in [0.29, 0.717) is 0 Å². The molecule has 1 aliphatic heterocycles. The average molecular weight is 251 g/mol. The molecule has 0 radical (unpaired) electrons. The maximum absolute atomic E-state index is 11.4. The maximum Gasteiger partial charge on any atom is 0.246 e. The lowest BCUT2D eigenvalue weighted by Gasteiger charge is -2.33. The van der Waals surface area contributed by atoms with E-state index in [9.17, 15) is 4.79 Å². The second kappa shape index (κ2) is 5.42. The van der Waals surface area contributed by atoms with Gasteiger partial charge in [-0.25, -0.2) is 4.98 Å². The van der Waals surface area contributed by atoms with Crippen molar-refractivity contribution in [1.29, 1.82) is 0 Å². The summed E-state index contributed by atoms with van der Waals surface area (Å²) in [7, 11) is 0. The highest BCUT2D eigenvalue weighted by molar-refractivity contribution is 7.11. The molecule has 0 N–H and O–H groups in total. The Morgan fingerprint density at radius 3 is 2.76 bits per heavy atom. The predicted octanol–water partition coefficient (Wildman–Crippen LogP) is 1.28. The van der Waals surface area contributed by atoms with Crippen LogP contribution in [-0.2, 0) is 11.3 Å². The lowest BCUT2D eigenvalue weighted by Crippen LogP contribution is -2.47. The molecule has 1 fully saturated rings. The largest absolute Gasteiger partial charge is 0.337 e. The first-order valence-corrected chi connectivity index (χ1v) is 6.55. The summed E-state index contributed by atoms with van der Waals surface area (Å²) in [5.74, 6) is 0.0401. The normalized spacial score (nSPS) is 17.1. The first-order chi connectivity index (χ1) is 8.19. The Kier molecular flexibility index (Phi) is 3.91. The maximum atomic E-state index is 11.4. The fourth-order valence-electron chi connectivity index (χ4n) is 1.95. The fourth-order valence-corrected chi connectivity index (χ4v) is 2.79. The lowest BCUT2D eigenvalue weighted by atomic mass is 10.3. The van der Waals surface area contributed by atoms with E-state index in [2.05, 4.69) is 16.5 Å². The number of piperazine rings is 1. The Hall–Kier alpha value is -1.20. The van der Waals surface area contributed by atoms with Crippen LogP contribution in [0.3, 0.4) is 0 Å². The molecule has 1 saturated heterocycles. The molecular weight excluding hydrogens is 234 g/mol. The van der Waals surface area contributed by atoms with Crippen molar-refractivity contribution in [1.82, 2.24) is 14.8 Å². The molecule has 0 aromatic carbocycles. The van der Waals surface area contributed by atoms with Crippen LogP contribution in [0.4, 0.5) is 0 Å². The molecule has 5 heteroatoms. The van der Waals surface area contributed by atoms with Crippen molar-refractivity contribution < 1.29 is 4.79 Å². The average Bonchev–Trinajstić information content (AvgIpc) is 2.75.